The van der Waals surface area contributed by atoms with E-state index >= 15 is 0 Å². The Balaban J connectivity index is 1.70. The summed E-state index contributed by atoms with van der Waals surface area (Å²) in [6, 6.07) is 12.1. The summed E-state index contributed by atoms with van der Waals surface area (Å²) in [7, 11) is 0. The number of halogens is 2. The zero-order chi connectivity index (χ0) is 18.7. The summed E-state index contributed by atoms with van der Waals surface area (Å²) >= 11 is 16.3. The molecule has 1 heterocycles. The molecule has 2 aromatic carbocycles. The minimum atomic E-state index is -0.104. The molecule has 0 radical (unpaired) electrons. The summed E-state index contributed by atoms with van der Waals surface area (Å²) in [5.41, 5.74) is 1.08. The van der Waals surface area contributed by atoms with Gasteiger partial charge in [-0.2, -0.15) is 0 Å². The predicted octanol–water partition coefficient (Wildman–Crippen LogP) is 4.27. The fourth-order valence-electron chi connectivity index (χ4n) is 2.96. The summed E-state index contributed by atoms with van der Waals surface area (Å²) in [6.07, 6.45) is 0.716. The molecule has 1 saturated heterocycles. The van der Waals surface area contributed by atoms with Crippen LogP contribution >= 0.6 is 35.8 Å². The number of rotatable bonds is 2. The fourth-order valence-corrected chi connectivity index (χ4v) is 3.51. The second-order valence-electron chi connectivity index (χ2n) is 6.08. The molecule has 0 unspecified atom stereocenters. The Morgan fingerprint density at radius 3 is 2.15 bits per heavy atom. The van der Waals surface area contributed by atoms with Crippen molar-refractivity contribution in [1.29, 1.82) is 0 Å². The molecule has 0 spiro atoms. The molecule has 1 fully saturated rings. The number of carbonyl (C=O) groups excluding carboxylic acids is 2. The summed E-state index contributed by atoms with van der Waals surface area (Å²) in [5, 5.41) is 0.774. The molecule has 136 valence electrons. The normalized spacial score (nSPS) is 14.9. The molecule has 1 aliphatic heterocycles. The first-order valence-corrected chi connectivity index (χ1v) is 9.49. The Morgan fingerprint density at radius 2 is 1.50 bits per heavy atom. The smallest absolute Gasteiger partial charge is 0.255 e. The molecule has 3 rings (SSSR count). The first-order valence-electron chi connectivity index (χ1n) is 8.29. The lowest BCUT2D eigenvalue weighted by Crippen LogP contribution is -2.37. The number of hydrogen-bond donors (Lipinski definition) is 1. The van der Waals surface area contributed by atoms with Crippen molar-refractivity contribution in [2.24, 2.45) is 0 Å². The van der Waals surface area contributed by atoms with Crippen molar-refractivity contribution in [3.05, 3.63) is 63.6 Å². The third-order valence-electron chi connectivity index (χ3n) is 4.37. The van der Waals surface area contributed by atoms with E-state index in [1.807, 2.05) is 12.1 Å². The lowest BCUT2D eigenvalue weighted by atomic mass is 10.2. The lowest BCUT2D eigenvalue weighted by Gasteiger charge is -2.23. The van der Waals surface area contributed by atoms with Gasteiger partial charge in [-0.15, -0.1) is 12.6 Å². The first-order chi connectivity index (χ1) is 12.5. The van der Waals surface area contributed by atoms with Gasteiger partial charge in [0.1, 0.15) is 0 Å². The molecule has 0 N–H and O–H groups in total. The molecular formula is C19H18Cl2N2O2S. The summed E-state index contributed by atoms with van der Waals surface area (Å²) < 4.78 is 0. The number of carbonyl (C=O) groups is 2. The molecule has 0 atom stereocenters. The van der Waals surface area contributed by atoms with Gasteiger partial charge in [0, 0.05) is 36.6 Å². The standard InChI is InChI=1S/C19H18Cl2N2O2S/c20-15-7-6-13(12-16(15)21)18(24)22-8-3-9-23(11-10-22)19(25)14-4-1-2-5-17(14)26/h1-2,4-7,12,26H,3,8-11H2. The largest absolute Gasteiger partial charge is 0.337 e. The lowest BCUT2D eigenvalue weighted by molar-refractivity contribution is 0.0717. The van der Waals surface area contributed by atoms with Crippen LogP contribution in [0.4, 0.5) is 0 Å². The van der Waals surface area contributed by atoms with Gasteiger partial charge >= 0.3 is 0 Å². The maximum atomic E-state index is 12.7. The quantitative estimate of drug-likeness (QED) is 0.753. The average molecular weight is 409 g/mol. The summed E-state index contributed by atoms with van der Waals surface area (Å²) in [6.45, 7) is 2.14. The second kappa shape index (κ2) is 8.33. The molecule has 2 amide bonds. The van der Waals surface area contributed by atoms with E-state index in [-0.39, 0.29) is 11.8 Å². The van der Waals surface area contributed by atoms with Crippen LogP contribution in [-0.4, -0.2) is 47.8 Å². The Hall–Kier alpha value is -1.69. The van der Waals surface area contributed by atoms with Gasteiger partial charge in [-0.25, -0.2) is 0 Å². The van der Waals surface area contributed by atoms with Gasteiger partial charge in [0.15, 0.2) is 0 Å². The van der Waals surface area contributed by atoms with Crippen LogP contribution in [0.3, 0.4) is 0 Å². The van der Waals surface area contributed by atoms with Crippen LogP contribution in [0.15, 0.2) is 47.4 Å². The SMILES string of the molecule is O=C(c1ccc(Cl)c(Cl)c1)N1CCCN(C(=O)c2ccccc2S)CC1. The maximum absolute atomic E-state index is 12.7. The van der Waals surface area contributed by atoms with Crippen molar-refractivity contribution in [3.8, 4) is 0 Å². The third kappa shape index (κ3) is 4.17. The van der Waals surface area contributed by atoms with Gasteiger partial charge in [-0.1, -0.05) is 35.3 Å². The van der Waals surface area contributed by atoms with E-state index in [9.17, 15) is 9.59 Å². The highest BCUT2D eigenvalue weighted by Crippen LogP contribution is 2.24. The monoisotopic (exact) mass is 408 g/mol. The predicted molar refractivity (Wildman–Crippen MR) is 107 cm³/mol. The van der Waals surface area contributed by atoms with Gasteiger partial charge in [0.05, 0.1) is 15.6 Å². The Kier molecular flexibility index (Phi) is 6.12. The van der Waals surface area contributed by atoms with Crippen LogP contribution in [-0.2, 0) is 0 Å². The van der Waals surface area contributed by atoms with Gasteiger partial charge < -0.3 is 9.80 Å². The van der Waals surface area contributed by atoms with Crippen molar-refractivity contribution >= 4 is 47.6 Å². The van der Waals surface area contributed by atoms with E-state index in [2.05, 4.69) is 12.6 Å². The van der Waals surface area contributed by atoms with Crippen LogP contribution in [0.25, 0.3) is 0 Å². The molecule has 0 saturated carbocycles. The van der Waals surface area contributed by atoms with E-state index in [4.69, 9.17) is 23.2 Å². The number of amides is 2. The van der Waals surface area contributed by atoms with E-state index in [1.54, 1.807) is 40.1 Å². The molecule has 26 heavy (non-hydrogen) atoms. The highest BCUT2D eigenvalue weighted by molar-refractivity contribution is 7.80. The van der Waals surface area contributed by atoms with Gasteiger partial charge in [0.25, 0.3) is 11.8 Å². The zero-order valence-electron chi connectivity index (χ0n) is 14.0. The first kappa shape index (κ1) is 19.1. The maximum Gasteiger partial charge on any atom is 0.255 e. The topological polar surface area (TPSA) is 40.6 Å². The van der Waals surface area contributed by atoms with E-state index in [0.717, 1.165) is 0 Å². The van der Waals surface area contributed by atoms with Crippen molar-refractivity contribution in [2.75, 3.05) is 26.2 Å². The Labute approximate surface area is 168 Å². The van der Waals surface area contributed by atoms with Crippen LogP contribution in [0.2, 0.25) is 10.0 Å². The van der Waals surface area contributed by atoms with Crippen molar-refractivity contribution in [2.45, 2.75) is 11.3 Å². The molecule has 7 heteroatoms. The molecule has 0 bridgehead atoms. The minimum absolute atomic E-state index is 0.0561. The highest BCUT2D eigenvalue weighted by atomic mass is 35.5. The van der Waals surface area contributed by atoms with Crippen LogP contribution in [0.1, 0.15) is 27.1 Å². The Morgan fingerprint density at radius 1 is 0.846 bits per heavy atom. The minimum Gasteiger partial charge on any atom is -0.337 e. The van der Waals surface area contributed by atoms with Gasteiger partial charge in [-0.05, 0) is 36.8 Å². The number of nitrogens with zero attached hydrogens (tertiary/aromatic N) is 2. The van der Waals surface area contributed by atoms with Crippen LogP contribution < -0.4 is 0 Å². The fraction of sp³-hybridized carbons (Fsp3) is 0.263. The van der Waals surface area contributed by atoms with E-state index in [0.29, 0.717) is 58.7 Å². The van der Waals surface area contributed by atoms with Crippen LogP contribution in [0.5, 0.6) is 0 Å². The van der Waals surface area contributed by atoms with Crippen molar-refractivity contribution in [3.63, 3.8) is 0 Å². The number of benzene rings is 2. The molecule has 0 aromatic heterocycles. The molecule has 0 aliphatic carbocycles. The molecule has 1 aliphatic rings. The van der Waals surface area contributed by atoms with Gasteiger partial charge in [-0.3, -0.25) is 9.59 Å². The van der Waals surface area contributed by atoms with E-state index in [1.165, 1.54) is 0 Å². The third-order valence-corrected chi connectivity index (χ3v) is 5.50. The number of thiol groups is 1. The highest BCUT2D eigenvalue weighted by Gasteiger charge is 2.24. The van der Waals surface area contributed by atoms with E-state index < -0.39 is 0 Å². The summed E-state index contributed by atoms with van der Waals surface area (Å²) in [5.74, 6) is -0.160. The van der Waals surface area contributed by atoms with Crippen molar-refractivity contribution < 1.29 is 9.59 Å². The molecule has 2 aromatic rings. The van der Waals surface area contributed by atoms with Crippen molar-refractivity contribution in [1.82, 2.24) is 9.80 Å². The van der Waals surface area contributed by atoms with Gasteiger partial charge in [0.2, 0.25) is 0 Å². The summed E-state index contributed by atoms with van der Waals surface area (Å²) in [4.78, 5) is 29.7. The Bertz CT molecular complexity index is 844. The number of hydrogen-bond acceptors (Lipinski definition) is 3. The van der Waals surface area contributed by atoms with Crippen LogP contribution in [0, 0.1) is 0 Å². The zero-order valence-corrected chi connectivity index (χ0v) is 16.4. The molecule has 4 nitrogen and oxygen atoms in total. The average Bonchev–Trinajstić information content (AvgIpc) is 2.89. The second-order valence-corrected chi connectivity index (χ2v) is 7.38. The molecular weight excluding hydrogens is 391 g/mol.